The van der Waals surface area contributed by atoms with Crippen LogP contribution in [-0.4, -0.2) is 14.1 Å². The summed E-state index contributed by atoms with van der Waals surface area (Å²) in [4.78, 5) is 27.1. The zero-order chi connectivity index (χ0) is 13.3. The lowest BCUT2D eigenvalue weighted by molar-refractivity contribution is 0.694. The Bertz CT molecular complexity index is 706. The molecule has 7 heteroatoms. The van der Waals surface area contributed by atoms with Gasteiger partial charge in [0.2, 0.25) is 0 Å². The van der Waals surface area contributed by atoms with Crippen molar-refractivity contribution in [2.75, 3.05) is 0 Å². The van der Waals surface area contributed by atoms with Gasteiger partial charge in [0.15, 0.2) is 0 Å². The van der Waals surface area contributed by atoms with Crippen LogP contribution >= 0.6 is 23.2 Å². The topological polar surface area (TPSA) is 56.9 Å². The zero-order valence-corrected chi connectivity index (χ0v) is 10.9. The maximum absolute atomic E-state index is 11.7. The highest BCUT2D eigenvalue weighted by molar-refractivity contribution is 6.32. The maximum atomic E-state index is 11.7. The van der Waals surface area contributed by atoms with Crippen LogP contribution in [0.3, 0.4) is 0 Å². The van der Waals surface area contributed by atoms with Gasteiger partial charge in [-0.15, -0.1) is 0 Å². The summed E-state index contributed by atoms with van der Waals surface area (Å²) in [6, 6.07) is 3.25. The highest BCUT2D eigenvalue weighted by Gasteiger charge is 2.07. The van der Waals surface area contributed by atoms with Crippen LogP contribution in [0.1, 0.15) is 5.56 Å². The average molecular weight is 286 g/mol. The third-order valence-electron chi connectivity index (χ3n) is 2.47. The van der Waals surface area contributed by atoms with Gasteiger partial charge in [-0.05, 0) is 6.07 Å². The first-order valence-electron chi connectivity index (χ1n) is 5.06. The second-order valence-electron chi connectivity index (χ2n) is 3.73. The molecule has 0 aliphatic carbocycles. The molecule has 0 spiro atoms. The van der Waals surface area contributed by atoms with Crippen LogP contribution in [0, 0.1) is 0 Å². The standard InChI is InChI=1S/C11H9Cl2N3O2/c1-15-4-5-16(11(18)10(15)17)6-7-2-3-8(12)14-9(7)13/h2-5H,6H2,1H3. The summed E-state index contributed by atoms with van der Waals surface area (Å²) in [6.07, 6.45) is 3.04. The van der Waals surface area contributed by atoms with Crippen molar-refractivity contribution in [3.05, 3.63) is 61.1 Å². The number of hydrogen-bond donors (Lipinski definition) is 0. The molecule has 0 bridgehead atoms. The molecule has 2 heterocycles. The van der Waals surface area contributed by atoms with E-state index in [-0.39, 0.29) is 16.9 Å². The molecule has 0 fully saturated rings. The first kappa shape index (κ1) is 12.9. The lowest BCUT2D eigenvalue weighted by Crippen LogP contribution is -2.39. The molecular weight excluding hydrogens is 277 g/mol. The Balaban J connectivity index is 2.44. The van der Waals surface area contributed by atoms with Crippen LogP contribution in [0.25, 0.3) is 0 Å². The van der Waals surface area contributed by atoms with E-state index in [2.05, 4.69) is 4.98 Å². The average Bonchev–Trinajstić information content (AvgIpc) is 2.33. The van der Waals surface area contributed by atoms with Gasteiger partial charge in [0, 0.05) is 25.0 Å². The molecule has 2 rings (SSSR count). The van der Waals surface area contributed by atoms with E-state index < -0.39 is 11.1 Å². The van der Waals surface area contributed by atoms with E-state index >= 15 is 0 Å². The van der Waals surface area contributed by atoms with E-state index in [1.807, 2.05) is 0 Å². The summed E-state index contributed by atoms with van der Waals surface area (Å²) in [5.41, 5.74) is -0.571. The molecule has 0 aliphatic rings. The zero-order valence-electron chi connectivity index (χ0n) is 9.43. The van der Waals surface area contributed by atoms with Crippen LogP contribution in [-0.2, 0) is 13.6 Å². The van der Waals surface area contributed by atoms with Crippen molar-refractivity contribution in [3.63, 3.8) is 0 Å². The van der Waals surface area contributed by atoms with Crippen molar-refractivity contribution in [2.24, 2.45) is 7.05 Å². The van der Waals surface area contributed by atoms with Crippen LogP contribution in [0.15, 0.2) is 34.1 Å². The summed E-state index contributed by atoms with van der Waals surface area (Å²) in [6.45, 7) is 0.178. The molecule has 0 saturated carbocycles. The Hall–Kier alpha value is -1.59. The van der Waals surface area contributed by atoms with Gasteiger partial charge >= 0.3 is 11.1 Å². The first-order valence-corrected chi connectivity index (χ1v) is 5.81. The van der Waals surface area contributed by atoms with E-state index in [0.717, 1.165) is 0 Å². The van der Waals surface area contributed by atoms with E-state index in [0.29, 0.717) is 5.56 Å². The molecule has 94 valence electrons. The minimum absolute atomic E-state index is 0.178. The molecule has 2 aromatic rings. The molecule has 0 unspecified atom stereocenters. The highest BCUT2D eigenvalue weighted by atomic mass is 35.5. The van der Waals surface area contributed by atoms with Gasteiger partial charge in [-0.2, -0.15) is 0 Å². The number of aryl methyl sites for hydroxylation is 1. The fourth-order valence-corrected chi connectivity index (χ4v) is 1.86. The van der Waals surface area contributed by atoms with Crippen LogP contribution in [0.2, 0.25) is 10.3 Å². The largest absolute Gasteiger partial charge is 0.316 e. The van der Waals surface area contributed by atoms with E-state index in [9.17, 15) is 9.59 Å². The van der Waals surface area contributed by atoms with Gasteiger partial charge in [0.25, 0.3) is 0 Å². The molecule has 0 aliphatic heterocycles. The monoisotopic (exact) mass is 285 g/mol. The van der Waals surface area contributed by atoms with Gasteiger partial charge in [0.1, 0.15) is 10.3 Å². The second kappa shape index (κ2) is 4.96. The Labute approximate surface area is 112 Å². The van der Waals surface area contributed by atoms with Crippen molar-refractivity contribution in [1.29, 1.82) is 0 Å². The molecule has 0 radical (unpaired) electrons. The Morgan fingerprint density at radius 3 is 2.56 bits per heavy atom. The van der Waals surface area contributed by atoms with Crippen LogP contribution in [0.5, 0.6) is 0 Å². The lowest BCUT2D eigenvalue weighted by Gasteiger charge is -2.07. The third kappa shape index (κ3) is 2.47. The fraction of sp³-hybridized carbons (Fsp3) is 0.182. The maximum Gasteiger partial charge on any atom is 0.316 e. The predicted octanol–water partition coefficient (Wildman–Crippen LogP) is 1.30. The van der Waals surface area contributed by atoms with E-state index in [1.165, 1.54) is 28.6 Å². The summed E-state index contributed by atoms with van der Waals surface area (Å²) >= 11 is 11.6. The molecule has 0 atom stereocenters. The predicted molar refractivity (Wildman–Crippen MR) is 69.3 cm³/mol. The molecule has 0 N–H and O–H groups in total. The van der Waals surface area contributed by atoms with Crippen molar-refractivity contribution >= 4 is 23.2 Å². The SMILES string of the molecule is Cn1ccn(Cc2ccc(Cl)nc2Cl)c(=O)c1=O. The molecule has 18 heavy (non-hydrogen) atoms. The number of rotatable bonds is 2. The minimum atomic E-state index is -0.606. The molecule has 5 nitrogen and oxygen atoms in total. The molecular formula is C11H9Cl2N3O2. The minimum Gasteiger partial charge on any atom is -0.312 e. The van der Waals surface area contributed by atoms with Crippen molar-refractivity contribution < 1.29 is 0 Å². The number of pyridine rings is 1. The molecule has 0 saturated heterocycles. The number of aromatic nitrogens is 3. The summed E-state index contributed by atoms with van der Waals surface area (Å²) in [7, 11) is 1.52. The van der Waals surface area contributed by atoms with Gasteiger partial charge in [-0.3, -0.25) is 9.59 Å². The highest BCUT2D eigenvalue weighted by Crippen LogP contribution is 2.16. The molecule has 0 aromatic carbocycles. The smallest absolute Gasteiger partial charge is 0.312 e. The Kier molecular flexibility index (Phi) is 3.54. The molecule has 2 aromatic heterocycles. The summed E-state index contributed by atoms with van der Waals surface area (Å²) < 4.78 is 2.50. The second-order valence-corrected chi connectivity index (χ2v) is 4.48. The number of nitrogens with zero attached hydrogens (tertiary/aromatic N) is 3. The lowest BCUT2D eigenvalue weighted by atomic mass is 10.3. The van der Waals surface area contributed by atoms with Crippen molar-refractivity contribution in [1.82, 2.24) is 14.1 Å². The Morgan fingerprint density at radius 1 is 1.17 bits per heavy atom. The van der Waals surface area contributed by atoms with E-state index in [4.69, 9.17) is 23.2 Å². The van der Waals surface area contributed by atoms with Gasteiger partial charge in [-0.25, -0.2) is 4.98 Å². The van der Waals surface area contributed by atoms with Crippen LogP contribution < -0.4 is 11.1 Å². The Morgan fingerprint density at radius 2 is 1.89 bits per heavy atom. The van der Waals surface area contributed by atoms with E-state index in [1.54, 1.807) is 12.1 Å². The quantitative estimate of drug-likeness (QED) is 0.617. The fourth-order valence-electron chi connectivity index (χ4n) is 1.46. The third-order valence-corrected chi connectivity index (χ3v) is 3.00. The summed E-state index contributed by atoms with van der Waals surface area (Å²) in [5, 5.41) is 0.496. The van der Waals surface area contributed by atoms with Gasteiger partial charge in [0.05, 0.1) is 6.54 Å². The summed E-state index contributed by atoms with van der Waals surface area (Å²) in [5.74, 6) is 0. The van der Waals surface area contributed by atoms with Crippen LogP contribution in [0.4, 0.5) is 0 Å². The van der Waals surface area contributed by atoms with Crippen molar-refractivity contribution in [2.45, 2.75) is 6.54 Å². The number of halogens is 2. The normalized spacial score (nSPS) is 10.6. The number of hydrogen-bond acceptors (Lipinski definition) is 3. The van der Waals surface area contributed by atoms with Crippen molar-refractivity contribution in [3.8, 4) is 0 Å². The van der Waals surface area contributed by atoms with Gasteiger partial charge in [-0.1, -0.05) is 29.3 Å². The van der Waals surface area contributed by atoms with Gasteiger partial charge < -0.3 is 9.13 Å². The first-order chi connectivity index (χ1) is 8.49. The molecule has 0 amide bonds.